The molecule has 1 heterocycles. The molecule has 0 aromatic heterocycles. The minimum atomic E-state index is 0.0595. The lowest BCUT2D eigenvalue weighted by Crippen LogP contribution is -2.51. The van der Waals surface area contributed by atoms with E-state index in [0.29, 0.717) is 5.91 Å². The van der Waals surface area contributed by atoms with E-state index in [-0.39, 0.29) is 6.04 Å². The first kappa shape index (κ1) is 15.5. The number of nitrogens with zero attached hydrogens (tertiary/aromatic N) is 1. The van der Waals surface area contributed by atoms with Crippen LogP contribution in [0.5, 0.6) is 0 Å². The van der Waals surface area contributed by atoms with Crippen LogP contribution in [0.3, 0.4) is 0 Å². The molecule has 3 nitrogen and oxygen atoms in total. The Morgan fingerprint density at radius 3 is 2.33 bits per heavy atom. The van der Waals surface area contributed by atoms with Crippen LogP contribution in [0.4, 0.5) is 0 Å². The third kappa shape index (κ3) is 3.71. The summed E-state index contributed by atoms with van der Waals surface area (Å²) in [6.45, 7) is 11.3. The summed E-state index contributed by atoms with van der Waals surface area (Å²) < 4.78 is 0. The van der Waals surface area contributed by atoms with E-state index in [1.165, 1.54) is 19.3 Å². The molecule has 0 bridgehead atoms. The van der Waals surface area contributed by atoms with Gasteiger partial charge in [0.05, 0.1) is 6.04 Å². The van der Waals surface area contributed by atoms with Gasteiger partial charge < -0.3 is 10.2 Å². The molecule has 1 amide bonds. The van der Waals surface area contributed by atoms with Crippen LogP contribution in [0.15, 0.2) is 0 Å². The average molecular weight is 254 g/mol. The van der Waals surface area contributed by atoms with Gasteiger partial charge in [-0.25, -0.2) is 0 Å². The molecule has 1 aliphatic heterocycles. The van der Waals surface area contributed by atoms with Gasteiger partial charge in [-0.1, -0.05) is 26.7 Å². The molecule has 1 aliphatic rings. The molecule has 106 valence electrons. The number of hydrogen-bond acceptors (Lipinski definition) is 2. The fourth-order valence-electron chi connectivity index (χ4n) is 3.27. The van der Waals surface area contributed by atoms with Crippen molar-refractivity contribution < 1.29 is 4.79 Å². The number of rotatable bonds is 6. The molecule has 3 heteroatoms. The summed E-state index contributed by atoms with van der Waals surface area (Å²) in [5.74, 6) is 1.82. The minimum Gasteiger partial charge on any atom is -0.342 e. The highest BCUT2D eigenvalue weighted by Gasteiger charge is 2.31. The average Bonchev–Trinajstić information content (AvgIpc) is 2.42. The Balaban J connectivity index is 2.60. The normalized spacial score (nSPS) is 24.3. The molecule has 1 N–H and O–H groups in total. The van der Waals surface area contributed by atoms with E-state index in [2.05, 4.69) is 33.0 Å². The minimum absolute atomic E-state index is 0.0595. The smallest absolute Gasteiger partial charge is 0.239 e. The predicted molar refractivity (Wildman–Crippen MR) is 76.5 cm³/mol. The fourth-order valence-corrected chi connectivity index (χ4v) is 3.27. The van der Waals surface area contributed by atoms with Crippen molar-refractivity contribution in [3.05, 3.63) is 0 Å². The Hall–Kier alpha value is -0.570. The van der Waals surface area contributed by atoms with Crippen molar-refractivity contribution in [1.82, 2.24) is 10.2 Å². The van der Waals surface area contributed by atoms with Crippen molar-refractivity contribution in [3.63, 3.8) is 0 Å². The van der Waals surface area contributed by atoms with Crippen molar-refractivity contribution >= 4 is 5.91 Å². The topological polar surface area (TPSA) is 32.3 Å². The zero-order valence-corrected chi connectivity index (χ0v) is 12.5. The molecule has 0 aliphatic carbocycles. The number of piperidine rings is 1. The molecule has 0 saturated carbocycles. The van der Waals surface area contributed by atoms with Gasteiger partial charge in [0, 0.05) is 13.1 Å². The summed E-state index contributed by atoms with van der Waals surface area (Å²) in [4.78, 5) is 14.3. The molecule has 1 rings (SSSR count). The van der Waals surface area contributed by atoms with Crippen LogP contribution in [-0.2, 0) is 4.79 Å². The monoisotopic (exact) mass is 254 g/mol. The van der Waals surface area contributed by atoms with E-state index >= 15 is 0 Å². The highest BCUT2D eigenvalue weighted by molar-refractivity contribution is 5.82. The lowest BCUT2D eigenvalue weighted by Gasteiger charge is -2.36. The van der Waals surface area contributed by atoms with E-state index < -0.39 is 0 Å². The molecular formula is C15H30N2O. The number of nitrogens with one attached hydrogen (secondary N) is 1. The van der Waals surface area contributed by atoms with Crippen molar-refractivity contribution in [2.75, 3.05) is 19.6 Å². The number of carbonyl (C=O) groups is 1. The summed E-state index contributed by atoms with van der Waals surface area (Å²) in [5.41, 5.74) is 0. The largest absolute Gasteiger partial charge is 0.342 e. The van der Waals surface area contributed by atoms with Crippen molar-refractivity contribution in [3.8, 4) is 0 Å². The van der Waals surface area contributed by atoms with Gasteiger partial charge in [-0.05, 0) is 45.1 Å². The summed E-state index contributed by atoms with van der Waals surface area (Å²) in [6, 6.07) is 0.0595. The molecule has 2 atom stereocenters. The summed E-state index contributed by atoms with van der Waals surface area (Å²) in [6.07, 6.45) is 4.75. The predicted octanol–water partition coefficient (Wildman–Crippen LogP) is 2.66. The van der Waals surface area contributed by atoms with Crippen molar-refractivity contribution in [2.45, 2.75) is 59.4 Å². The SMILES string of the molecule is CCC(CC)C1CCNC(C(=O)N(CC)CC)C1. The first-order valence-corrected chi connectivity index (χ1v) is 7.69. The molecule has 1 fully saturated rings. The van der Waals surface area contributed by atoms with E-state index in [1.807, 2.05) is 4.90 Å². The molecule has 2 unspecified atom stereocenters. The van der Waals surface area contributed by atoms with Crippen molar-refractivity contribution in [1.29, 1.82) is 0 Å². The van der Waals surface area contributed by atoms with Crippen LogP contribution in [0, 0.1) is 11.8 Å². The lowest BCUT2D eigenvalue weighted by molar-refractivity contribution is -0.134. The number of amides is 1. The highest BCUT2D eigenvalue weighted by Crippen LogP contribution is 2.29. The van der Waals surface area contributed by atoms with Crippen molar-refractivity contribution in [2.24, 2.45) is 11.8 Å². The zero-order valence-electron chi connectivity index (χ0n) is 12.5. The van der Waals surface area contributed by atoms with Crippen LogP contribution >= 0.6 is 0 Å². The summed E-state index contributed by atoms with van der Waals surface area (Å²) in [5, 5.41) is 3.41. The first-order chi connectivity index (χ1) is 8.67. The molecule has 0 spiro atoms. The second-order valence-electron chi connectivity index (χ2n) is 5.38. The molecular weight excluding hydrogens is 224 g/mol. The second-order valence-corrected chi connectivity index (χ2v) is 5.38. The number of carbonyl (C=O) groups excluding carboxylic acids is 1. The first-order valence-electron chi connectivity index (χ1n) is 7.69. The molecule has 0 aromatic carbocycles. The Morgan fingerprint density at radius 2 is 1.83 bits per heavy atom. The van der Waals surface area contributed by atoms with Crippen LogP contribution in [-0.4, -0.2) is 36.5 Å². The number of likely N-dealkylation sites (N-methyl/N-ethyl adjacent to an activating group) is 1. The molecule has 1 saturated heterocycles. The maximum atomic E-state index is 12.4. The van der Waals surface area contributed by atoms with Crippen LogP contribution in [0.1, 0.15) is 53.4 Å². The van der Waals surface area contributed by atoms with Gasteiger partial charge in [-0.2, -0.15) is 0 Å². The molecule has 0 radical (unpaired) electrons. The lowest BCUT2D eigenvalue weighted by atomic mass is 9.79. The standard InChI is InChI=1S/C15H30N2O/c1-5-12(6-2)13-9-10-16-14(11-13)15(18)17(7-3)8-4/h12-14,16H,5-11H2,1-4H3. The Bertz CT molecular complexity index is 247. The van der Waals surface area contributed by atoms with Gasteiger partial charge in [-0.3, -0.25) is 4.79 Å². The van der Waals surface area contributed by atoms with E-state index in [0.717, 1.165) is 37.9 Å². The zero-order chi connectivity index (χ0) is 13.5. The quantitative estimate of drug-likeness (QED) is 0.790. The van der Waals surface area contributed by atoms with Crippen LogP contribution < -0.4 is 5.32 Å². The van der Waals surface area contributed by atoms with E-state index in [1.54, 1.807) is 0 Å². The van der Waals surface area contributed by atoms with Crippen LogP contribution in [0.25, 0.3) is 0 Å². The third-order valence-corrected chi connectivity index (χ3v) is 4.53. The van der Waals surface area contributed by atoms with Gasteiger partial charge in [0.15, 0.2) is 0 Å². The Kier molecular flexibility index (Phi) is 6.69. The highest BCUT2D eigenvalue weighted by atomic mass is 16.2. The third-order valence-electron chi connectivity index (χ3n) is 4.53. The molecule has 18 heavy (non-hydrogen) atoms. The van der Waals surface area contributed by atoms with Gasteiger partial charge in [-0.15, -0.1) is 0 Å². The van der Waals surface area contributed by atoms with Gasteiger partial charge in [0.1, 0.15) is 0 Å². The summed E-state index contributed by atoms with van der Waals surface area (Å²) >= 11 is 0. The summed E-state index contributed by atoms with van der Waals surface area (Å²) in [7, 11) is 0. The van der Waals surface area contributed by atoms with Gasteiger partial charge in [0.25, 0.3) is 0 Å². The fraction of sp³-hybridized carbons (Fsp3) is 0.933. The maximum Gasteiger partial charge on any atom is 0.239 e. The maximum absolute atomic E-state index is 12.4. The second kappa shape index (κ2) is 7.78. The molecule has 0 aromatic rings. The van der Waals surface area contributed by atoms with Gasteiger partial charge in [0.2, 0.25) is 5.91 Å². The Morgan fingerprint density at radius 1 is 1.22 bits per heavy atom. The van der Waals surface area contributed by atoms with Crippen LogP contribution in [0.2, 0.25) is 0 Å². The Labute approximate surface area is 112 Å². The number of hydrogen-bond donors (Lipinski definition) is 1. The van der Waals surface area contributed by atoms with Gasteiger partial charge >= 0.3 is 0 Å². The van der Waals surface area contributed by atoms with E-state index in [9.17, 15) is 4.79 Å². The van der Waals surface area contributed by atoms with E-state index in [4.69, 9.17) is 0 Å².